The molecular weight excluding hydrogens is 556 g/mol. The maximum atomic E-state index is 12.2. The van der Waals surface area contributed by atoms with Crippen LogP contribution in [0.3, 0.4) is 0 Å². The van der Waals surface area contributed by atoms with E-state index in [0.29, 0.717) is 44.1 Å². The van der Waals surface area contributed by atoms with Crippen LogP contribution in [0.2, 0.25) is 0 Å². The molecule has 0 amide bonds. The van der Waals surface area contributed by atoms with E-state index in [0.717, 1.165) is 42.3 Å². The third-order valence-electron chi connectivity index (χ3n) is 11.1. The molecule has 0 heterocycles. The molecule has 3 saturated carbocycles. The summed E-state index contributed by atoms with van der Waals surface area (Å²) in [6, 6.07) is 0. The molecule has 248 valence electrons. The summed E-state index contributed by atoms with van der Waals surface area (Å²) >= 11 is 0. The monoisotopic (exact) mass is 614 g/mol. The highest BCUT2D eigenvalue weighted by Crippen LogP contribution is 2.63. The molecule has 3 rings (SSSR count). The largest absolute Gasteiger partial charge is 0.396 e. The number of rotatable bonds is 15. The number of ether oxygens (including phenoxy) is 1. The minimum atomic E-state index is -1.17. The molecule has 1 spiro atoms. The van der Waals surface area contributed by atoms with Crippen molar-refractivity contribution < 1.29 is 35.1 Å². The van der Waals surface area contributed by atoms with E-state index in [9.17, 15) is 30.3 Å². The molecule has 0 aliphatic heterocycles. The SMILES string of the molecule is C=C(C=CC=C(COCC(O)CO)C1CCC2(C(CCCO)C(=C(C)C=O)CCC2(C)O)C1O)C1(CC=C(C)C)CCCC1. The van der Waals surface area contributed by atoms with Crippen molar-refractivity contribution in [1.29, 1.82) is 0 Å². The number of carbonyl (C=O) groups excluding carboxylic acids is 1. The predicted molar refractivity (Wildman–Crippen MR) is 175 cm³/mol. The Kier molecular flexibility index (Phi) is 13.4. The van der Waals surface area contributed by atoms with Crippen molar-refractivity contribution in [3.05, 3.63) is 58.7 Å². The van der Waals surface area contributed by atoms with Crippen molar-refractivity contribution in [2.75, 3.05) is 26.4 Å². The van der Waals surface area contributed by atoms with Crippen molar-refractivity contribution in [3.63, 3.8) is 0 Å². The van der Waals surface area contributed by atoms with E-state index in [-0.39, 0.29) is 37.1 Å². The summed E-state index contributed by atoms with van der Waals surface area (Å²) in [5.74, 6) is -0.557. The van der Waals surface area contributed by atoms with Crippen molar-refractivity contribution in [2.24, 2.45) is 22.7 Å². The fourth-order valence-corrected chi connectivity index (χ4v) is 8.38. The molecule has 44 heavy (non-hydrogen) atoms. The second-order valence-electron chi connectivity index (χ2n) is 14.1. The molecule has 0 radical (unpaired) electrons. The highest BCUT2D eigenvalue weighted by Gasteiger charge is 2.64. The first-order chi connectivity index (χ1) is 20.9. The molecule has 3 aliphatic carbocycles. The van der Waals surface area contributed by atoms with Gasteiger partial charge >= 0.3 is 0 Å². The maximum absolute atomic E-state index is 12.2. The second-order valence-corrected chi connectivity index (χ2v) is 14.1. The first-order valence-corrected chi connectivity index (χ1v) is 16.6. The Bertz CT molecular complexity index is 1100. The molecule has 7 nitrogen and oxygen atoms in total. The van der Waals surface area contributed by atoms with Crippen LogP contribution in [0.4, 0.5) is 0 Å². The Morgan fingerprint density at radius 2 is 1.84 bits per heavy atom. The van der Waals surface area contributed by atoms with E-state index in [1.54, 1.807) is 6.92 Å². The third kappa shape index (κ3) is 7.91. The van der Waals surface area contributed by atoms with Gasteiger partial charge in [-0.25, -0.2) is 0 Å². The van der Waals surface area contributed by atoms with Gasteiger partial charge in [0.05, 0.1) is 31.5 Å². The smallest absolute Gasteiger partial charge is 0.145 e. The van der Waals surface area contributed by atoms with Gasteiger partial charge in [0.25, 0.3) is 0 Å². The Morgan fingerprint density at radius 1 is 1.14 bits per heavy atom. The minimum absolute atomic E-state index is 0.00235. The lowest BCUT2D eigenvalue weighted by molar-refractivity contribution is -0.167. The van der Waals surface area contributed by atoms with Crippen LogP contribution < -0.4 is 0 Å². The van der Waals surface area contributed by atoms with E-state index in [2.05, 4.69) is 32.6 Å². The molecule has 0 aromatic heterocycles. The number of carbonyl (C=O) groups is 1. The fraction of sp³-hybridized carbons (Fsp3) is 0.703. The number of hydrogen-bond acceptors (Lipinski definition) is 7. The summed E-state index contributed by atoms with van der Waals surface area (Å²) in [4.78, 5) is 11.9. The first-order valence-electron chi connectivity index (χ1n) is 16.6. The summed E-state index contributed by atoms with van der Waals surface area (Å²) in [7, 11) is 0. The van der Waals surface area contributed by atoms with Gasteiger partial charge in [0.15, 0.2) is 0 Å². The number of aliphatic hydroxyl groups excluding tert-OH is 4. The topological polar surface area (TPSA) is 127 Å². The van der Waals surface area contributed by atoms with Gasteiger partial charge in [-0.3, -0.25) is 4.79 Å². The fourth-order valence-electron chi connectivity index (χ4n) is 8.38. The van der Waals surface area contributed by atoms with Crippen molar-refractivity contribution >= 4 is 6.29 Å². The van der Waals surface area contributed by atoms with E-state index in [1.165, 1.54) is 18.4 Å². The van der Waals surface area contributed by atoms with Crippen molar-refractivity contribution in [2.45, 2.75) is 116 Å². The molecular formula is C37H58O7. The third-order valence-corrected chi connectivity index (χ3v) is 11.1. The Morgan fingerprint density at radius 3 is 2.45 bits per heavy atom. The number of hydrogen-bond donors (Lipinski definition) is 5. The van der Waals surface area contributed by atoms with Gasteiger partial charge in [-0.1, -0.05) is 54.9 Å². The quantitative estimate of drug-likeness (QED) is 0.0712. The van der Waals surface area contributed by atoms with Crippen LogP contribution >= 0.6 is 0 Å². The van der Waals surface area contributed by atoms with Crippen LogP contribution in [-0.2, 0) is 9.53 Å². The van der Waals surface area contributed by atoms with Gasteiger partial charge in [0.1, 0.15) is 12.4 Å². The van der Waals surface area contributed by atoms with E-state index in [4.69, 9.17) is 4.74 Å². The molecule has 0 bridgehead atoms. The van der Waals surface area contributed by atoms with Gasteiger partial charge in [-0.05, 0) is 114 Å². The number of allylic oxidation sites excluding steroid dienone is 8. The molecule has 0 aromatic rings. The molecule has 3 fully saturated rings. The van der Waals surface area contributed by atoms with Crippen LogP contribution in [0.25, 0.3) is 0 Å². The highest BCUT2D eigenvalue weighted by atomic mass is 16.5. The van der Waals surface area contributed by atoms with Gasteiger partial charge < -0.3 is 30.3 Å². The summed E-state index contributed by atoms with van der Waals surface area (Å²) < 4.78 is 5.84. The number of aliphatic hydroxyl groups is 5. The zero-order chi connectivity index (χ0) is 32.5. The minimum Gasteiger partial charge on any atom is -0.396 e. The van der Waals surface area contributed by atoms with Crippen LogP contribution in [0, 0.1) is 22.7 Å². The Labute approximate surface area is 265 Å². The lowest BCUT2D eigenvalue weighted by Crippen LogP contribution is -2.59. The molecule has 3 aliphatic rings. The molecule has 6 unspecified atom stereocenters. The molecule has 5 N–H and O–H groups in total. The van der Waals surface area contributed by atoms with E-state index in [1.807, 2.05) is 19.1 Å². The summed E-state index contributed by atoms with van der Waals surface area (Å²) in [6.45, 7) is 12.1. The average molecular weight is 615 g/mol. The molecule has 0 aromatic carbocycles. The molecule has 6 atom stereocenters. The van der Waals surface area contributed by atoms with Gasteiger partial charge in [0.2, 0.25) is 0 Å². The molecule has 0 saturated heterocycles. The van der Waals surface area contributed by atoms with Crippen LogP contribution in [0.15, 0.2) is 58.7 Å². The summed E-state index contributed by atoms with van der Waals surface area (Å²) in [5, 5.41) is 53.1. The van der Waals surface area contributed by atoms with Crippen molar-refractivity contribution in [1.82, 2.24) is 0 Å². The zero-order valence-corrected chi connectivity index (χ0v) is 27.6. The lowest BCUT2D eigenvalue weighted by Gasteiger charge is -2.55. The van der Waals surface area contributed by atoms with Crippen LogP contribution in [-0.4, -0.2) is 76.1 Å². The average Bonchev–Trinajstić information content (AvgIpc) is 3.62. The van der Waals surface area contributed by atoms with Crippen LogP contribution in [0.1, 0.15) is 98.3 Å². The second kappa shape index (κ2) is 16.1. The zero-order valence-electron chi connectivity index (χ0n) is 27.6. The van der Waals surface area contributed by atoms with Gasteiger partial charge in [0, 0.05) is 17.9 Å². The van der Waals surface area contributed by atoms with Gasteiger partial charge in [-0.2, -0.15) is 0 Å². The normalized spacial score (nSPS) is 32.3. The van der Waals surface area contributed by atoms with Gasteiger partial charge in [-0.15, -0.1) is 0 Å². The summed E-state index contributed by atoms with van der Waals surface area (Å²) in [5.41, 5.74) is 2.87. The maximum Gasteiger partial charge on any atom is 0.145 e. The Hall–Kier alpha value is -1.87. The van der Waals surface area contributed by atoms with Crippen LogP contribution in [0.5, 0.6) is 0 Å². The lowest BCUT2D eigenvalue weighted by atomic mass is 9.52. The standard InChI is InChI=1S/C37H58O7/c1-26(2)13-19-36(16-6-7-17-36)28(4)10-8-11-29(24-44-25-30(41)23-40)32-15-20-37(34(32)42)33(12-9-21-38)31(27(3)22-39)14-18-35(37,5)43/h8,10-11,13,22,30,32-34,38,40-43H,4,6-7,9,12,14-21,23-25H2,1-3,5H3. The van der Waals surface area contributed by atoms with E-state index >= 15 is 0 Å². The van der Waals surface area contributed by atoms with E-state index < -0.39 is 29.8 Å². The number of aldehydes is 1. The first kappa shape index (κ1) is 36.6. The summed E-state index contributed by atoms with van der Waals surface area (Å²) in [6.07, 6.45) is 16.2. The Balaban J connectivity index is 1.98. The predicted octanol–water partition coefficient (Wildman–Crippen LogP) is 5.52. The highest BCUT2D eigenvalue weighted by molar-refractivity contribution is 5.74. The van der Waals surface area contributed by atoms with Crippen molar-refractivity contribution in [3.8, 4) is 0 Å². The molecule has 7 heteroatoms.